The average molecular weight is 593 g/mol. The molecule has 4 heterocycles. The molecule has 0 aliphatic carbocycles. The monoisotopic (exact) mass is 592 g/mol. The zero-order chi connectivity index (χ0) is 30.1. The van der Waals surface area contributed by atoms with Crippen LogP contribution in [0.4, 0.5) is 5.82 Å². The van der Waals surface area contributed by atoms with E-state index in [1.54, 1.807) is 10.8 Å². The van der Waals surface area contributed by atoms with Crippen LogP contribution in [-0.4, -0.2) is 67.0 Å². The van der Waals surface area contributed by atoms with Gasteiger partial charge in [0.15, 0.2) is 22.3 Å². The normalized spacial score (nSPS) is 27.4. The predicted octanol–water partition coefficient (Wildman–Crippen LogP) is 6.40. The highest BCUT2D eigenvalue weighted by Gasteiger charge is 2.64. The zero-order valence-corrected chi connectivity index (χ0v) is 28.8. The highest BCUT2D eigenvalue weighted by Crippen LogP contribution is 2.49. The molecule has 0 bridgehead atoms. The van der Waals surface area contributed by atoms with E-state index in [2.05, 4.69) is 90.5 Å². The minimum absolute atomic E-state index is 0.0478. The van der Waals surface area contributed by atoms with Gasteiger partial charge in [-0.05, 0) is 60.7 Å². The number of nitrogens with one attached hydrogen (secondary N) is 1. The molecule has 9 nitrogen and oxygen atoms in total. The maximum absolute atomic E-state index is 12.2. The van der Waals surface area contributed by atoms with E-state index in [1.807, 2.05) is 26.0 Å². The highest BCUT2D eigenvalue weighted by molar-refractivity contribution is 6.86. The molecule has 4 atom stereocenters. The van der Waals surface area contributed by atoms with Crippen LogP contribution in [0.15, 0.2) is 18.5 Å². The van der Waals surface area contributed by atoms with Gasteiger partial charge in [0.05, 0.1) is 6.61 Å². The number of aromatic nitrogens is 3. The first-order chi connectivity index (χ1) is 18.3. The maximum Gasteiger partial charge on any atom is 0.240 e. The molecular weight excluding hydrogens is 541 g/mol. The van der Waals surface area contributed by atoms with Crippen molar-refractivity contribution >= 4 is 27.9 Å². The molecule has 2 fully saturated rings. The van der Waals surface area contributed by atoms with E-state index in [-0.39, 0.29) is 5.04 Å². The van der Waals surface area contributed by atoms with Crippen molar-refractivity contribution in [1.82, 2.24) is 14.6 Å². The molecule has 0 radical (unpaired) electrons. The van der Waals surface area contributed by atoms with E-state index in [1.165, 1.54) is 0 Å². The predicted molar refractivity (Wildman–Crippen MR) is 163 cm³/mol. The number of hydrogen-bond acceptors (Lipinski definition) is 8. The fourth-order valence-corrected chi connectivity index (χ4v) is 13.0. The number of aliphatic hydroxyl groups is 1. The van der Waals surface area contributed by atoms with Crippen LogP contribution in [0.2, 0.25) is 34.8 Å². The van der Waals surface area contributed by atoms with Gasteiger partial charge >= 0.3 is 0 Å². The van der Waals surface area contributed by atoms with Crippen molar-refractivity contribution in [1.29, 1.82) is 0 Å². The van der Waals surface area contributed by atoms with Crippen LogP contribution in [0, 0.1) is 0 Å². The first-order valence-corrected chi connectivity index (χ1v) is 19.9. The Morgan fingerprint density at radius 3 is 2.17 bits per heavy atom. The average Bonchev–Trinajstić information content (AvgIpc) is 3.46. The maximum atomic E-state index is 12.2. The van der Waals surface area contributed by atoms with Crippen LogP contribution in [0.5, 0.6) is 0 Å². The lowest BCUT2D eigenvalue weighted by Crippen LogP contribution is -2.52. The Kier molecular flexibility index (Phi) is 8.23. The third-order valence-corrected chi connectivity index (χ3v) is 20.5. The topological polar surface area (TPSA) is 99.4 Å². The van der Waals surface area contributed by atoms with Crippen LogP contribution < -0.4 is 4.98 Å². The Morgan fingerprint density at radius 2 is 1.62 bits per heavy atom. The minimum atomic E-state index is -2.06. The Hall–Kier alpha value is -1.35. The fourth-order valence-electron chi connectivity index (χ4n) is 6.51. The van der Waals surface area contributed by atoms with Crippen LogP contribution >= 0.6 is 0 Å². The number of nitrogens with zero attached hydrogens (tertiary/aromatic N) is 3. The molecule has 4 rings (SSSR count). The summed E-state index contributed by atoms with van der Waals surface area (Å²) in [6.45, 7) is 28.9. The van der Waals surface area contributed by atoms with Crippen molar-refractivity contribution in [2.75, 3.05) is 11.6 Å². The van der Waals surface area contributed by atoms with Gasteiger partial charge in [0.1, 0.15) is 41.7 Å². The van der Waals surface area contributed by atoms with E-state index in [0.29, 0.717) is 28.9 Å². The molecule has 2 N–H and O–H groups in total. The number of rotatable bonds is 9. The van der Waals surface area contributed by atoms with Crippen molar-refractivity contribution in [3.05, 3.63) is 24.2 Å². The van der Waals surface area contributed by atoms with Gasteiger partial charge in [-0.3, -0.25) is 0 Å². The summed E-state index contributed by atoms with van der Waals surface area (Å²) in [5.41, 5.74) is 2.77. The van der Waals surface area contributed by atoms with Gasteiger partial charge in [-0.1, -0.05) is 62.3 Å². The molecule has 226 valence electrons. The lowest BCUT2D eigenvalue weighted by Gasteiger charge is -2.43. The summed E-state index contributed by atoms with van der Waals surface area (Å²) < 4.78 is 27.3. The van der Waals surface area contributed by atoms with Crippen molar-refractivity contribution in [3.8, 4) is 0 Å². The Balaban J connectivity index is 1.72. The summed E-state index contributed by atoms with van der Waals surface area (Å²) in [5, 5.41) is 16.9. The van der Waals surface area contributed by atoms with Crippen molar-refractivity contribution in [3.63, 3.8) is 0 Å². The summed E-state index contributed by atoms with van der Waals surface area (Å²) in [6, 6.07) is 3.82. The summed E-state index contributed by atoms with van der Waals surface area (Å²) in [5.74, 6) is -1.86. The first kappa shape index (κ1) is 31.6. The van der Waals surface area contributed by atoms with E-state index in [0.717, 1.165) is 11.3 Å². The van der Waals surface area contributed by atoms with E-state index < -0.39 is 46.4 Å². The van der Waals surface area contributed by atoms with Crippen LogP contribution in [0.3, 0.4) is 0 Å². The smallest absolute Gasteiger partial charge is 0.240 e. The molecule has 2 aromatic rings. The highest BCUT2D eigenvalue weighted by atomic mass is 28.4. The standard InChI is InChI=1S/C29H52N4O5Si2/c1-18(2)40(19(3)4,20(5)6)32-26-21-14-15-23(33(21)31-17-30-26)29(34)25-24(37-28(10,11)38-25)22(36-29)16-35-39(12,13)27(7,8)9/h14-15,17-20,22,24-25,34H,16H2,1-13H3,(H,30,31,32)/t22-,24-,25-,29?/m1/s1. The van der Waals surface area contributed by atoms with Crippen LogP contribution in [-0.2, 0) is 24.4 Å². The third kappa shape index (κ3) is 5.20. The molecule has 0 aromatic carbocycles. The van der Waals surface area contributed by atoms with Gasteiger partial charge in [0, 0.05) is 0 Å². The lowest BCUT2D eigenvalue weighted by molar-refractivity contribution is -0.285. The van der Waals surface area contributed by atoms with Crippen molar-refractivity contribution in [2.45, 2.75) is 141 Å². The number of ether oxygens (including phenoxy) is 3. The van der Waals surface area contributed by atoms with Gasteiger partial charge in [-0.2, -0.15) is 5.10 Å². The molecule has 40 heavy (non-hydrogen) atoms. The van der Waals surface area contributed by atoms with Gasteiger partial charge in [0.25, 0.3) is 0 Å². The Labute approximate surface area is 242 Å². The molecule has 2 aromatic heterocycles. The van der Waals surface area contributed by atoms with Crippen LogP contribution in [0.25, 0.3) is 5.52 Å². The largest absolute Gasteiger partial charge is 0.414 e. The van der Waals surface area contributed by atoms with Crippen LogP contribution in [0.1, 0.15) is 81.9 Å². The Morgan fingerprint density at radius 1 is 1.02 bits per heavy atom. The minimum Gasteiger partial charge on any atom is -0.414 e. The lowest BCUT2D eigenvalue weighted by atomic mass is 10.0. The molecule has 11 heteroatoms. The number of anilines is 1. The van der Waals surface area contributed by atoms with Gasteiger partial charge in [-0.15, -0.1) is 0 Å². The molecular formula is C29H52N4O5Si2. The molecule has 1 unspecified atom stereocenters. The molecule has 0 spiro atoms. The molecule has 0 saturated carbocycles. The van der Waals surface area contributed by atoms with Crippen molar-refractivity contribution in [2.24, 2.45) is 0 Å². The zero-order valence-electron chi connectivity index (χ0n) is 26.8. The molecule has 2 aliphatic heterocycles. The van der Waals surface area contributed by atoms with Gasteiger partial charge < -0.3 is 28.7 Å². The SMILES string of the molecule is CC(C)[Si](Nc1ncnn2c(C3(O)O[C@H](CO[Si](C)(C)C(C)(C)C)[C@H]4OC(C)(C)O[C@H]43)ccc12)(C(C)C)C(C)C. The Bertz CT molecular complexity index is 1190. The van der Waals surface area contributed by atoms with Crippen molar-refractivity contribution < 1.29 is 23.7 Å². The summed E-state index contributed by atoms with van der Waals surface area (Å²) in [7, 11) is -4.08. The summed E-state index contributed by atoms with van der Waals surface area (Å²) >= 11 is 0. The van der Waals surface area contributed by atoms with E-state index in [4.69, 9.17) is 18.6 Å². The van der Waals surface area contributed by atoms with E-state index in [9.17, 15) is 5.11 Å². The molecule has 0 amide bonds. The summed E-state index contributed by atoms with van der Waals surface area (Å²) in [4.78, 5) is 8.63. The second kappa shape index (κ2) is 10.4. The second-order valence-corrected chi connectivity index (χ2v) is 25.0. The first-order valence-electron chi connectivity index (χ1n) is 14.8. The van der Waals surface area contributed by atoms with E-state index >= 15 is 0 Å². The summed E-state index contributed by atoms with van der Waals surface area (Å²) in [6.07, 6.45) is -0.185. The van der Waals surface area contributed by atoms with Gasteiger partial charge in [0.2, 0.25) is 5.79 Å². The van der Waals surface area contributed by atoms with Gasteiger partial charge in [-0.25, -0.2) is 9.50 Å². The number of fused-ring (bicyclic) bond motifs is 2. The fraction of sp³-hybridized carbons (Fsp3) is 0.793. The third-order valence-electron chi connectivity index (χ3n) is 9.65. The quantitative estimate of drug-likeness (QED) is 0.323. The number of hydrogen-bond donors (Lipinski definition) is 2. The molecule has 2 aliphatic rings. The molecule has 2 saturated heterocycles. The second-order valence-electron chi connectivity index (χ2n) is 14.6.